The van der Waals surface area contributed by atoms with Gasteiger partial charge < -0.3 is 4.74 Å². The Balaban J connectivity index is 2.16. The third-order valence-corrected chi connectivity index (χ3v) is 2.29. The number of rotatable bonds is 2. The molecule has 0 N–H and O–H groups in total. The van der Waals surface area contributed by atoms with Gasteiger partial charge in [0.25, 0.3) is 0 Å². The fourth-order valence-corrected chi connectivity index (χ4v) is 1.48. The molecule has 1 aliphatic rings. The second-order valence-electron chi connectivity index (χ2n) is 2.00. The van der Waals surface area contributed by atoms with E-state index in [-0.39, 0.29) is 0 Å². The highest BCUT2D eigenvalue weighted by atomic mass is 32.1. The Kier molecular flexibility index (Phi) is 2.53. The highest BCUT2D eigenvalue weighted by molar-refractivity contribution is 7.80. The second-order valence-corrected chi connectivity index (χ2v) is 2.73. The second kappa shape index (κ2) is 2.99. The van der Waals surface area contributed by atoms with Crippen molar-refractivity contribution in [2.75, 3.05) is 18.1 Å². The lowest BCUT2D eigenvalue weighted by molar-refractivity contribution is -0.0880. The molecule has 0 saturated carbocycles. The van der Waals surface area contributed by atoms with Gasteiger partial charge in [-0.2, -0.15) is 25.3 Å². The van der Waals surface area contributed by atoms with E-state index in [1.165, 1.54) is 0 Å². The van der Waals surface area contributed by atoms with Crippen molar-refractivity contribution in [1.82, 2.24) is 0 Å². The summed E-state index contributed by atoms with van der Waals surface area (Å²) in [6.07, 6.45) is 0.385. The molecule has 0 aromatic carbocycles. The highest BCUT2D eigenvalue weighted by Gasteiger charge is 2.28. The normalized spacial score (nSPS) is 36.8. The van der Waals surface area contributed by atoms with Crippen LogP contribution in [-0.2, 0) is 4.74 Å². The highest BCUT2D eigenvalue weighted by Crippen LogP contribution is 2.21. The summed E-state index contributed by atoms with van der Waals surface area (Å²) < 4.78 is 5.16. The average molecular weight is 150 g/mol. The van der Waals surface area contributed by atoms with Crippen molar-refractivity contribution in [2.24, 2.45) is 5.92 Å². The number of ether oxygens (including phenoxy) is 1. The maximum Gasteiger partial charge on any atom is 0.0721 e. The van der Waals surface area contributed by atoms with Gasteiger partial charge in [0.05, 0.1) is 12.7 Å². The van der Waals surface area contributed by atoms with E-state index in [0.29, 0.717) is 12.0 Å². The third-order valence-electron chi connectivity index (χ3n) is 1.46. The third kappa shape index (κ3) is 1.14. The first-order chi connectivity index (χ1) is 3.88. The molecule has 48 valence electrons. The van der Waals surface area contributed by atoms with Crippen molar-refractivity contribution in [3.05, 3.63) is 0 Å². The van der Waals surface area contributed by atoms with E-state index in [4.69, 9.17) is 4.74 Å². The van der Waals surface area contributed by atoms with Gasteiger partial charge in [-0.15, -0.1) is 0 Å². The summed E-state index contributed by atoms with van der Waals surface area (Å²) in [5.74, 6) is 2.44. The predicted octanol–water partition coefficient (Wildman–Crippen LogP) is 0.861. The number of hydrogen-bond acceptors (Lipinski definition) is 3. The maximum atomic E-state index is 5.16. The first-order valence-corrected chi connectivity index (χ1v) is 3.98. The largest absolute Gasteiger partial charge is 0.377 e. The Hall–Kier alpha value is 0.660. The zero-order valence-electron chi connectivity index (χ0n) is 4.58. The van der Waals surface area contributed by atoms with Crippen LogP contribution in [0.1, 0.15) is 0 Å². The molecule has 0 aromatic heterocycles. The molecule has 1 fully saturated rings. The van der Waals surface area contributed by atoms with Crippen LogP contribution in [0.4, 0.5) is 0 Å². The van der Waals surface area contributed by atoms with E-state index in [1.54, 1.807) is 0 Å². The molecule has 1 aliphatic heterocycles. The number of thiol groups is 2. The smallest absolute Gasteiger partial charge is 0.0721 e. The molecule has 1 heterocycles. The van der Waals surface area contributed by atoms with Gasteiger partial charge in [-0.3, -0.25) is 0 Å². The lowest BCUT2D eigenvalue weighted by Crippen LogP contribution is -2.42. The van der Waals surface area contributed by atoms with Crippen LogP contribution in [-0.4, -0.2) is 24.2 Å². The first-order valence-electron chi connectivity index (χ1n) is 2.71. The Bertz CT molecular complexity index is 62.8. The van der Waals surface area contributed by atoms with E-state index in [2.05, 4.69) is 25.3 Å². The molecular formula is C5H10OS2. The van der Waals surface area contributed by atoms with E-state index < -0.39 is 0 Å². The van der Waals surface area contributed by atoms with Crippen LogP contribution in [0.25, 0.3) is 0 Å². The molecule has 0 spiro atoms. The van der Waals surface area contributed by atoms with Crippen LogP contribution in [0.15, 0.2) is 0 Å². The minimum Gasteiger partial charge on any atom is -0.377 e. The van der Waals surface area contributed by atoms with Crippen molar-refractivity contribution in [2.45, 2.75) is 6.10 Å². The fourth-order valence-electron chi connectivity index (χ4n) is 0.740. The van der Waals surface area contributed by atoms with Gasteiger partial charge in [-0.05, 0) is 5.75 Å². The molecule has 1 nitrogen and oxygen atoms in total. The molecule has 0 amide bonds. The summed E-state index contributed by atoms with van der Waals surface area (Å²) in [5, 5.41) is 0. The zero-order valence-corrected chi connectivity index (χ0v) is 6.37. The van der Waals surface area contributed by atoms with Gasteiger partial charge in [-0.1, -0.05) is 0 Å². The van der Waals surface area contributed by atoms with Gasteiger partial charge in [-0.25, -0.2) is 0 Å². The van der Waals surface area contributed by atoms with Gasteiger partial charge >= 0.3 is 0 Å². The molecule has 0 bridgehead atoms. The first kappa shape index (κ1) is 6.78. The Morgan fingerprint density at radius 3 is 2.25 bits per heavy atom. The van der Waals surface area contributed by atoms with Crippen molar-refractivity contribution < 1.29 is 4.74 Å². The number of hydrogen-bond donors (Lipinski definition) is 2. The molecule has 8 heavy (non-hydrogen) atoms. The van der Waals surface area contributed by atoms with Crippen LogP contribution in [0.5, 0.6) is 0 Å². The summed E-state index contributed by atoms with van der Waals surface area (Å²) in [7, 11) is 0. The van der Waals surface area contributed by atoms with Crippen LogP contribution >= 0.6 is 25.3 Å². The van der Waals surface area contributed by atoms with Crippen molar-refractivity contribution in [3.8, 4) is 0 Å². The molecule has 0 aliphatic carbocycles. The Morgan fingerprint density at radius 1 is 1.38 bits per heavy atom. The van der Waals surface area contributed by atoms with Crippen LogP contribution in [0.3, 0.4) is 0 Å². The van der Waals surface area contributed by atoms with E-state index in [0.717, 1.165) is 18.1 Å². The summed E-state index contributed by atoms with van der Waals surface area (Å²) in [6, 6.07) is 0. The average Bonchev–Trinajstić information content (AvgIpc) is 1.66. The summed E-state index contributed by atoms with van der Waals surface area (Å²) in [4.78, 5) is 0. The van der Waals surface area contributed by atoms with Crippen molar-refractivity contribution >= 4 is 25.3 Å². The summed E-state index contributed by atoms with van der Waals surface area (Å²) in [6.45, 7) is 0.884. The maximum absolute atomic E-state index is 5.16. The molecule has 1 saturated heterocycles. The Labute approximate surface area is 60.6 Å². The molecule has 0 radical (unpaired) electrons. The fraction of sp³-hybridized carbons (Fsp3) is 1.00. The zero-order chi connectivity index (χ0) is 5.98. The predicted molar refractivity (Wildman–Crippen MR) is 40.9 cm³/mol. The molecular weight excluding hydrogens is 140 g/mol. The standard InChI is InChI=1S/C5H10OS2/c7-2-4-1-6-5(4)3-8/h4-5,7-8H,1-3H2. The van der Waals surface area contributed by atoms with E-state index >= 15 is 0 Å². The molecule has 1 rings (SSSR count). The van der Waals surface area contributed by atoms with Gasteiger partial charge in [0.15, 0.2) is 0 Å². The van der Waals surface area contributed by atoms with Gasteiger partial charge in [0.2, 0.25) is 0 Å². The van der Waals surface area contributed by atoms with Crippen molar-refractivity contribution in [1.29, 1.82) is 0 Å². The van der Waals surface area contributed by atoms with E-state index in [1.807, 2.05) is 0 Å². The molecule has 2 unspecified atom stereocenters. The lowest BCUT2D eigenvalue weighted by Gasteiger charge is -2.34. The lowest BCUT2D eigenvalue weighted by atomic mass is 10.0. The molecule has 3 heteroatoms. The van der Waals surface area contributed by atoms with Crippen molar-refractivity contribution in [3.63, 3.8) is 0 Å². The van der Waals surface area contributed by atoms with Crippen LogP contribution in [0.2, 0.25) is 0 Å². The van der Waals surface area contributed by atoms with E-state index in [9.17, 15) is 0 Å². The molecule has 0 aromatic rings. The van der Waals surface area contributed by atoms with Crippen LogP contribution in [0, 0.1) is 5.92 Å². The molecule has 2 atom stereocenters. The van der Waals surface area contributed by atoms with Crippen LogP contribution < -0.4 is 0 Å². The van der Waals surface area contributed by atoms with Gasteiger partial charge in [0.1, 0.15) is 0 Å². The van der Waals surface area contributed by atoms with Gasteiger partial charge in [0, 0.05) is 11.7 Å². The minimum absolute atomic E-state index is 0.385. The summed E-state index contributed by atoms with van der Waals surface area (Å²) in [5.41, 5.74) is 0. The quantitative estimate of drug-likeness (QED) is 0.555. The Morgan fingerprint density at radius 2 is 2.12 bits per heavy atom. The summed E-state index contributed by atoms with van der Waals surface area (Å²) >= 11 is 8.25. The minimum atomic E-state index is 0.385. The topological polar surface area (TPSA) is 9.23 Å². The SMILES string of the molecule is SCC1COC1CS. The monoisotopic (exact) mass is 150 g/mol.